The van der Waals surface area contributed by atoms with E-state index >= 15 is 0 Å². The van der Waals surface area contributed by atoms with Crippen LogP contribution in [0.5, 0.6) is 0 Å². The SMILES string of the molecule is O=C(O)c1ccoc1CNC(=O)c1cnnn1-c1c(Cl)cccc1Cl. The predicted molar refractivity (Wildman–Crippen MR) is 88.2 cm³/mol. The second-order valence-corrected chi connectivity index (χ2v) is 5.66. The van der Waals surface area contributed by atoms with Gasteiger partial charge < -0.3 is 14.8 Å². The maximum atomic E-state index is 12.4. The fourth-order valence-electron chi connectivity index (χ4n) is 2.17. The molecule has 10 heteroatoms. The normalized spacial score (nSPS) is 10.6. The van der Waals surface area contributed by atoms with E-state index in [0.717, 1.165) is 0 Å². The van der Waals surface area contributed by atoms with Crippen molar-refractivity contribution in [1.29, 1.82) is 0 Å². The van der Waals surface area contributed by atoms with Crippen LogP contribution in [0, 0.1) is 0 Å². The summed E-state index contributed by atoms with van der Waals surface area (Å²) in [6.07, 6.45) is 2.48. The van der Waals surface area contributed by atoms with Crippen molar-refractivity contribution in [2.75, 3.05) is 0 Å². The highest BCUT2D eigenvalue weighted by molar-refractivity contribution is 6.37. The zero-order valence-electron chi connectivity index (χ0n) is 12.4. The third kappa shape index (κ3) is 3.35. The van der Waals surface area contributed by atoms with Crippen LogP contribution in [0.2, 0.25) is 10.0 Å². The number of para-hydroxylation sites is 1. The Morgan fingerprint density at radius 1 is 1.24 bits per heavy atom. The predicted octanol–water partition coefficient (Wildman–Crippen LogP) is 2.80. The van der Waals surface area contributed by atoms with E-state index in [-0.39, 0.29) is 23.6 Å². The minimum atomic E-state index is -1.15. The fourth-order valence-corrected chi connectivity index (χ4v) is 2.72. The molecule has 25 heavy (non-hydrogen) atoms. The average Bonchev–Trinajstić information content (AvgIpc) is 3.22. The van der Waals surface area contributed by atoms with Crippen LogP contribution in [-0.4, -0.2) is 32.0 Å². The maximum Gasteiger partial charge on any atom is 0.339 e. The Balaban J connectivity index is 1.84. The second-order valence-electron chi connectivity index (χ2n) is 4.85. The molecule has 0 aliphatic heterocycles. The van der Waals surface area contributed by atoms with Crippen LogP contribution in [0.4, 0.5) is 0 Å². The summed E-state index contributed by atoms with van der Waals surface area (Å²) in [6.45, 7) is -0.116. The summed E-state index contributed by atoms with van der Waals surface area (Å²) in [5.41, 5.74) is 0.372. The maximum absolute atomic E-state index is 12.4. The summed E-state index contributed by atoms with van der Waals surface area (Å²) in [5, 5.41) is 19.7. The van der Waals surface area contributed by atoms with Gasteiger partial charge in [-0.05, 0) is 18.2 Å². The number of benzene rings is 1. The van der Waals surface area contributed by atoms with Crippen molar-refractivity contribution in [3.63, 3.8) is 0 Å². The molecule has 3 aromatic rings. The van der Waals surface area contributed by atoms with Crippen molar-refractivity contribution >= 4 is 35.1 Å². The molecule has 3 rings (SSSR count). The van der Waals surface area contributed by atoms with Crippen molar-refractivity contribution in [3.05, 3.63) is 63.8 Å². The number of aromatic nitrogens is 3. The van der Waals surface area contributed by atoms with Gasteiger partial charge in [0.1, 0.15) is 17.0 Å². The molecule has 0 saturated carbocycles. The number of furan rings is 1. The van der Waals surface area contributed by atoms with Gasteiger partial charge in [-0.15, -0.1) is 5.10 Å². The molecule has 1 amide bonds. The lowest BCUT2D eigenvalue weighted by Gasteiger charge is -2.10. The Bertz CT molecular complexity index is 930. The molecule has 0 radical (unpaired) electrons. The molecule has 2 heterocycles. The largest absolute Gasteiger partial charge is 0.478 e. The molecule has 0 aliphatic carbocycles. The van der Waals surface area contributed by atoms with E-state index in [4.69, 9.17) is 32.7 Å². The molecule has 0 unspecified atom stereocenters. The van der Waals surface area contributed by atoms with Gasteiger partial charge in [0.2, 0.25) is 0 Å². The molecule has 2 aromatic heterocycles. The second kappa shape index (κ2) is 6.96. The van der Waals surface area contributed by atoms with E-state index in [1.807, 2.05) is 0 Å². The van der Waals surface area contributed by atoms with E-state index in [9.17, 15) is 9.59 Å². The van der Waals surface area contributed by atoms with E-state index < -0.39 is 11.9 Å². The lowest BCUT2D eigenvalue weighted by atomic mass is 10.2. The smallest absolute Gasteiger partial charge is 0.339 e. The summed E-state index contributed by atoms with van der Waals surface area (Å²) in [5.74, 6) is -1.57. The molecule has 0 spiro atoms. The molecule has 0 bridgehead atoms. The van der Waals surface area contributed by atoms with Crippen LogP contribution in [0.1, 0.15) is 26.6 Å². The Morgan fingerprint density at radius 3 is 2.64 bits per heavy atom. The lowest BCUT2D eigenvalue weighted by molar-refractivity contribution is 0.0692. The highest BCUT2D eigenvalue weighted by atomic mass is 35.5. The summed E-state index contributed by atoms with van der Waals surface area (Å²) in [4.78, 5) is 23.5. The minimum Gasteiger partial charge on any atom is -0.478 e. The Kier molecular flexibility index (Phi) is 4.73. The fraction of sp³-hybridized carbons (Fsp3) is 0.0667. The van der Waals surface area contributed by atoms with Gasteiger partial charge in [-0.2, -0.15) is 0 Å². The van der Waals surface area contributed by atoms with Crippen LogP contribution in [0.25, 0.3) is 5.69 Å². The molecule has 0 fully saturated rings. The summed E-state index contributed by atoms with van der Waals surface area (Å²) < 4.78 is 6.28. The first-order valence-corrected chi connectivity index (χ1v) is 7.67. The number of carbonyl (C=O) groups excluding carboxylic acids is 1. The average molecular weight is 381 g/mol. The Hall–Kier alpha value is -2.84. The molecule has 0 aliphatic rings. The number of carbonyl (C=O) groups is 2. The van der Waals surface area contributed by atoms with E-state index in [1.165, 1.54) is 23.2 Å². The van der Waals surface area contributed by atoms with Gasteiger partial charge in [0, 0.05) is 0 Å². The first-order valence-electron chi connectivity index (χ1n) is 6.92. The van der Waals surface area contributed by atoms with Crippen LogP contribution < -0.4 is 5.32 Å². The van der Waals surface area contributed by atoms with Gasteiger partial charge in [-0.3, -0.25) is 4.79 Å². The molecule has 1 aromatic carbocycles. The summed E-state index contributed by atoms with van der Waals surface area (Å²) >= 11 is 12.3. The molecular weight excluding hydrogens is 371 g/mol. The van der Waals surface area contributed by atoms with Gasteiger partial charge in [-0.25, -0.2) is 9.48 Å². The van der Waals surface area contributed by atoms with E-state index in [2.05, 4.69) is 15.6 Å². The number of nitrogens with zero attached hydrogens (tertiary/aromatic N) is 3. The molecule has 2 N–H and O–H groups in total. The number of carboxylic acids is 1. The zero-order chi connectivity index (χ0) is 18.0. The number of halogens is 2. The highest BCUT2D eigenvalue weighted by Gasteiger charge is 2.20. The van der Waals surface area contributed by atoms with Crippen molar-refractivity contribution in [1.82, 2.24) is 20.3 Å². The molecule has 0 atom stereocenters. The van der Waals surface area contributed by atoms with Crippen molar-refractivity contribution < 1.29 is 19.1 Å². The summed E-state index contributed by atoms with van der Waals surface area (Å²) in [6, 6.07) is 6.18. The highest BCUT2D eigenvalue weighted by Crippen LogP contribution is 2.28. The number of carboxylic acid groups (broad SMARTS) is 1. The molecule has 0 saturated heterocycles. The molecule has 128 valence electrons. The van der Waals surface area contributed by atoms with Gasteiger partial charge in [0.05, 0.1) is 29.1 Å². The van der Waals surface area contributed by atoms with Crippen molar-refractivity contribution in [2.24, 2.45) is 0 Å². The van der Waals surface area contributed by atoms with Crippen LogP contribution in [0.3, 0.4) is 0 Å². The molecular formula is C15H10Cl2N4O4. The van der Waals surface area contributed by atoms with E-state index in [1.54, 1.807) is 18.2 Å². The lowest BCUT2D eigenvalue weighted by Crippen LogP contribution is -2.26. The van der Waals surface area contributed by atoms with Crippen LogP contribution in [0.15, 0.2) is 41.1 Å². The third-order valence-corrected chi connectivity index (χ3v) is 3.93. The number of amides is 1. The third-order valence-electron chi connectivity index (χ3n) is 3.32. The first kappa shape index (κ1) is 17.0. The standard InChI is InChI=1S/C15H10Cl2N4O4/c16-9-2-1-3-10(17)13(9)21-11(6-19-20-21)14(22)18-7-12-8(15(23)24)4-5-25-12/h1-6H,7H2,(H,18,22)(H,23,24). The van der Waals surface area contributed by atoms with Crippen molar-refractivity contribution in [3.8, 4) is 5.69 Å². The van der Waals surface area contributed by atoms with Gasteiger partial charge >= 0.3 is 5.97 Å². The van der Waals surface area contributed by atoms with Gasteiger partial charge in [-0.1, -0.05) is 34.5 Å². The van der Waals surface area contributed by atoms with Gasteiger partial charge in [0.25, 0.3) is 5.91 Å². The monoisotopic (exact) mass is 380 g/mol. The van der Waals surface area contributed by atoms with Crippen LogP contribution in [-0.2, 0) is 6.54 Å². The molecule has 8 nitrogen and oxygen atoms in total. The topological polar surface area (TPSA) is 110 Å². The Morgan fingerprint density at radius 2 is 1.96 bits per heavy atom. The number of rotatable bonds is 5. The van der Waals surface area contributed by atoms with E-state index in [0.29, 0.717) is 15.7 Å². The minimum absolute atomic E-state index is 0.0268. The van der Waals surface area contributed by atoms with Crippen LogP contribution >= 0.6 is 23.2 Å². The van der Waals surface area contributed by atoms with Gasteiger partial charge in [0.15, 0.2) is 5.69 Å². The quantitative estimate of drug-likeness (QED) is 0.703. The van der Waals surface area contributed by atoms with Crippen molar-refractivity contribution in [2.45, 2.75) is 6.54 Å². The summed E-state index contributed by atoms with van der Waals surface area (Å²) in [7, 11) is 0. The zero-order valence-corrected chi connectivity index (χ0v) is 14.0. The number of nitrogens with one attached hydrogen (secondary N) is 1. The Labute approximate surface area is 151 Å². The number of hydrogen-bond acceptors (Lipinski definition) is 5. The first-order chi connectivity index (χ1) is 12.0. The number of hydrogen-bond donors (Lipinski definition) is 2. The number of aromatic carboxylic acids is 1.